The summed E-state index contributed by atoms with van der Waals surface area (Å²) < 4.78 is 21.8. The molecule has 0 aromatic heterocycles. The van der Waals surface area contributed by atoms with E-state index in [2.05, 4.69) is 5.32 Å². The largest absolute Gasteiger partial charge is 0.326 e. The van der Waals surface area contributed by atoms with E-state index >= 15 is 0 Å². The van der Waals surface area contributed by atoms with Gasteiger partial charge in [-0.05, 0) is 30.5 Å². The summed E-state index contributed by atoms with van der Waals surface area (Å²) in [5.74, 6) is -0.0151. The number of rotatable bonds is 4. The van der Waals surface area contributed by atoms with Crippen molar-refractivity contribution in [3.8, 4) is 0 Å². The van der Waals surface area contributed by atoms with E-state index in [0.29, 0.717) is 11.3 Å². The van der Waals surface area contributed by atoms with Crippen LogP contribution in [0.4, 0.5) is 5.69 Å². The van der Waals surface area contributed by atoms with Crippen molar-refractivity contribution in [1.29, 1.82) is 0 Å². The number of primary sulfonamides is 1. The second kappa shape index (κ2) is 5.07. The van der Waals surface area contributed by atoms with Crippen LogP contribution in [0.5, 0.6) is 0 Å². The van der Waals surface area contributed by atoms with Crippen molar-refractivity contribution in [2.24, 2.45) is 11.1 Å². The lowest BCUT2D eigenvalue weighted by Gasteiger charge is -2.24. The maximum absolute atomic E-state index is 11.7. The van der Waals surface area contributed by atoms with Crippen molar-refractivity contribution in [2.75, 3.05) is 5.32 Å². The van der Waals surface area contributed by atoms with Crippen LogP contribution in [-0.2, 0) is 20.6 Å². The first-order valence-corrected chi connectivity index (χ1v) is 7.56. The van der Waals surface area contributed by atoms with Crippen LogP contribution >= 0.6 is 0 Å². The summed E-state index contributed by atoms with van der Waals surface area (Å²) in [6.45, 7) is 0. The molecular formula is C12H16N2O3S. The fourth-order valence-corrected chi connectivity index (χ4v) is 2.49. The van der Waals surface area contributed by atoms with Crippen LogP contribution in [0.3, 0.4) is 0 Å². The Morgan fingerprint density at radius 2 is 1.89 bits per heavy atom. The van der Waals surface area contributed by atoms with Gasteiger partial charge in [0, 0.05) is 11.6 Å². The van der Waals surface area contributed by atoms with Gasteiger partial charge in [-0.2, -0.15) is 0 Å². The van der Waals surface area contributed by atoms with Crippen molar-refractivity contribution in [2.45, 2.75) is 25.0 Å². The Balaban J connectivity index is 1.97. The smallest absolute Gasteiger partial charge is 0.227 e. The second-order valence-electron chi connectivity index (χ2n) is 4.62. The Labute approximate surface area is 106 Å². The highest BCUT2D eigenvalue weighted by Crippen LogP contribution is 2.27. The molecule has 1 aliphatic rings. The van der Waals surface area contributed by atoms with Gasteiger partial charge < -0.3 is 5.32 Å². The van der Waals surface area contributed by atoms with E-state index in [4.69, 9.17) is 5.14 Å². The van der Waals surface area contributed by atoms with Gasteiger partial charge in [-0.25, -0.2) is 13.6 Å². The minimum Gasteiger partial charge on any atom is -0.326 e. The Morgan fingerprint density at radius 3 is 2.33 bits per heavy atom. The van der Waals surface area contributed by atoms with Crippen molar-refractivity contribution >= 4 is 21.6 Å². The fraction of sp³-hybridized carbons (Fsp3) is 0.417. The average Bonchev–Trinajstić information content (AvgIpc) is 2.16. The molecular weight excluding hydrogens is 252 g/mol. The lowest BCUT2D eigenvalue weighted by molar-refractivity contribution is -0.122. The highest BCUT2D eigenvalue weighted by molar-refractivity contribution is 7.88. The number of hydrogen-bond acceptors (Lipinski definition) is 3. The Kier molecular flexibility index (Phi) is 3.68. The molecule has 0 aliphatic heterocycles. The molecule has 6 heteroatoms. The van der Waals surface area contributed by atoms with Crippen LogP contribution in [0.1, 0.15) is 24.8 Å². The molecule has 98 valence electrons. The van der Waals surface area contributed by atoms with Gasteiger partial charge in [-0.15, -0.1) is 0 Å². The Morgan fingerprint density at radius 1 is 1.28 bits per heavy atom. The summed E-state index contributed by atoms with van der Waals surface area (Å²) in [6.07, 6.45) is 3.02. The van der Waals surface area contributed by atoms with Crippen LogP contribution in [0, 0.1) is 5.92 Å². The summed E-state index contributed by atoms with van der Waals surface area (Å²) in [6, 6.07) is 6.69. The average molecular weight is 268 g/mol. The molecule has 1 amide bonds. The van der Waals surface area contributed by atoms with Gasteiger partial charge in [-0.1, -0.05) is 18.6 Å². The summed E-state index contributed by atoms with van der Waals surface area (Å²) in [4.78, 5) is 11.7. The first-order chi connectivity index (χ1) is 8.44. The van der Waals surface area contributed by atoms with Gasteiger partial charge in [0.2, 0.25) is 15.9 Å². The minimum absolute atomic E-state index is 0.0421. The van der Waals surface area contributed by atoms with Gasteiger partial charge >= 0.3 is 0 Å². The van der Waals surface area contributed by atoms with Crippen molar-refractivity contribution in [1.82, 2.24) is 0 Å². The highest BCUT2D eigenvalue weighted by atomic mass is 32.2. The highest BCUT2D eigenvalue weighted by Gasteiger charge is 2.24. The standard InChI is InChI=1S/C12H16N2O3S/c13-18(16,17)8-9-4-6-11(7-5-9)14-12(15)10-2-1-3-10/h4-7,10H,1-3,8H2,(H,14,15)(H2,13,16,17). The summed E-state index contributed by atoms with van der Waals surface area (Å²) in [5.41, 5.74) is 1.30. The van der Waals surface area contributed by atoms with E-state index in [1.807, 2.05) is 0 Å². The van der Waals surface area contributed by atoms with Crippen LogP contribution in [0.25, 0.3) is 0 Å². The number of nitrogens with two attached hydrogens (primary N) is 1. The molecule has 2 rings (SSSR count). The number of hydrogen-bond donors (Lipinski definition) is 2. The van der Waals surface area contributed by atoms with E-state index < -0.39 is 10.0 Å². The molecule has 18 heavy (non-hydrogen) atoms. The van der Waals surface area contributed by atoms with Crippen molar-refractivity contribution in [3.63, 3.8) is 0 Å². The summed E-state index contributed by atoms with van der Waals surface area (Å²) in [5, 5.41) is 7.77. The number of anilines is 1. The first-order valence-electron chi connectivity index (χ1n) is 5.84. The monoisotopic (exact) mass is 268 g/mol. The fourth-order valence-electron chi connectivity index (χ4n) is 1.83. The van der Waals surface area contributed by atoms with E-state index in [1.54, 1.807) is 24.3 Å². The number of carbonyl (C=O) groups excluding carboxylic acids is 1. The van der Waals surface area contributed by atoms with Gasteiger partial charge in [0.05, 0.1) is 5.75 Å². The second-order valence-corrected chi connectivity index (χ2v) is 6.24. The third kappa shape index (κ3) is 3.54. The molecule has 0 bridgehead atoms. The topological polar surface area (TPSA) is 89.3 Å². The molecule has 1 aliphatic carbocycles. The molecule has 1 aromatic rings. The molecule has 0 spiro atoms. The Bertz CT molecular complexity index is 533. The van der Waals surface area contributed by atoms with Crippen molar-refractivity contribution < 1.29 is 13.2 Å². The number of amides is 1. The lowest BCUT2D eigenvalue weighted by Crippen LogP contribution is -2.28. The van der Waals surface area contributed by atoms with E-state index in [1.165, 1.54) is 0 Å². The number of carbonyl (C=O) groups is 1. The Hall–Kier alpha value is -1.40. The summed E-state index contributed by atoms with van der Waals surface area (Å²) >= 11 is 0. The number of nitrogens with one attached hydrogen (secondary N) is 1. The van der Waals surface area contributed by atoms with Crippen LogP contribution in [-0.4, -0.2) is 14.3 Å². The van der Waals surface area contributed by atoms with Crippen LogP contribution in [0.2, 0.25) is 0 Å². The maximum Gasteiger partial charge on any atom is 0.227 e. The van der Waals surface area contributed by atoms with Gasteiger partial charge in [0.15, 0.2) is 0 Å². The molecule has 0 atom stereocenters. The molecule has 0 radical (unpaired) electrons. The quantitative estimate of drug-likeness (QED) is 0.860. The van der Waals surface area contributed by atoms with Gasteiger partial charge in [0.1, 0.15) is 0 Å². The number of benzene rings is 1. The predicted octanol–water partition coefficient (Wildman–Crippen LogP) is 1.21. The first kappa shape index (κ1) is 13.0. The summed E-state index contributed by atoms with van der Waals surface area (Å²) in [7, 11) is -3.51. The number of sulfonamides is 1. The van der Waals surface area contributed by atoms with Crippen LogP contribution in [0.15, 0.2) is 24.3 Å². The molecule has 3 N–H and O–H groups in total. The molecule has 5 nitrogen and oxygen atoms in total. The predicted molar refractivity (Wildman–Crippen MR) is 69.2 cm³/mol. The molecule has 0 unspecified atom stereocenters. The van der Waals surface area contributed by atoms with E-state index in [9.17, 15) is 13.2 Å². The molecule has 0 heterocycles. The van der Waals surface area contributed by atoms with Crippen LogP contribution < -0.4 is 10.5 Å². The van der Waals surface area contributed by atoms with Crippen molar-refractivity contribution in [3.05, 3.63) is 29.8 Å². The zero-order valence-corrected chi connectivity index (χ0v) is 10.7. The normalized spacial score (nSPS) is 16.1. The third-order valence-electron chi connectivity index (χ3n) is 3.07. The molecule has 0 saturated heterocycles. The SMILES string of the molecule is NS(=O)(=O)Cc1ccc(NC(=O)C2CCC2)cc1. The molecule has 1 saturated carbocycles. The van der Waals surface area contributed by atoms with E-state index in [-0.39, 0.29) is 17.6 Å². The van der Waals surface area contributed by atoms with Gasteiger partial charge in [0.25, 0.3) is 0 Å². The third-order valence-corrected chi connectivity index (χ3v) is 3.80. The van der Waals surface area contributed by atoms with E-state index in [0.717, 1.165) is 19.3 Å². The lowest BCUT2D eigenvalue weighted by atomic mass is 9.85. The zero-order valence-electron chi connectivity index (χ0n) is 9.93. The zero-order chi connectivity index (χ0) is 13.2. The maximum atomic E-state index is 11.7. The molecule has 1 aromatic carbocycles. The minimum atomic E-state index is -3.51. The van der Waals surface area contributed by atoms with Gasteiger partial charge in [-0.3, -0.25) is 4.79 Å². The molecule has 1 fully saturated rings.